The Balaban J connectivity index is 0.000000229. The Hall–Kier alpha value is -4.79. The Labute approximate surface area is 495 Å². The molecule has 2 aromatic carbocycles. The first-order valence-corrected chi connectivity index (χ1v) is 31.5. The van der Waals surface area contributed by atoms with Crippen LogP contribution in [0.5, 0.6) is 0 Å². The Kier molecular flexibility index (Phi) is 30.7. The van der Waals surface area contributed by atoms with Crippen molar-refractivity contribution in [2.45, 2.75) is 145 Å². The average Bonchev–Trinajstić information content (AvgIpc) is 4.45. The summed E-state index contributed by atoms with van der Waals surface area (Å²) in [6, 6.07) is 15.9. The Morgan fingerprint density at radius 2 is 1.16 bits per heavy atom. The molecule has 2 saturated heterocycles. The first kappa shape index (κ1) is 69.0. The minimum atomic E-state index is -2.85. The summed E-state index contributed by atoms with van der Waals surface area (Å²) >= 11 is 0. The van der Waals surface area contributed by atoms with E-state index in [-0.39, 0.29) is 23.1 Å². The number of hydrogen-bond donors (Lipinski definition) is 2. The van der Waals surface area contributed by atoms with Crippen molar-refractivity contribution in [1.82, 2.24) is 55.2 Å². The van der Waals surface area contributed by atoms with Crippen LogP contribution in [0, 0.1) is 10.8 Å². The highest BCUT2D eigenvalue weighted by Gasteiger charge is 2.22. The zero-order chi connectivity index (χ0) is 59.8. The second-order valence-electron chi connectivity index (χ2n) is 24.5. The molecule has 83 heavy (non-hydrogen) atoms. The van der Waals surface area contributed by atoms with E-state index in [4.69, 9.17) is 43.6 Å². The van der Waals surface area contributed by atoms with Crippen molar-refractivity contribution in [2.24, 2.45) is 10.8 Å². The number of hydrogen-bond acceptors (Lipinski definition) is 19. The Morgan fingerprint density at radius 1 is 0.627 bits per heavy atom. The number of aromatic nitrogens is 9. The molecule has 3 aromatic heterocycles. The SMILES string of the molecule is CC(C)(C)CCCOCCOCCOCCn1cc(-c2ccc(N)cc2)nn1.CC(C)(C)CCCOCCOCCOCCn1cc(CN2CCS(=O)(=O)CC2)nn1.CC(C)(C)NCc1ccc(-n2cc(COC3CCCOC3)nn2)cc1. The standard InChI is InChI=1S/C21H34N4O3.C20H38N4O5S.C19H28N4O2/c1-21(2,3)9-4-11-26-13-15-28-16-14-27-12-10-25-17-20(23-24-25)18-5-7-19(22)8-6-18;1-20(2,3)5-4-9-27-11-13-29-14-12-28-10-6-24-18-19(21-22-24)17-23-7-15-30(25,26)16-8-23;1-19(2,3)20-11-15-6-8-17(9-7-15)23-12-16(21-22-23)13-25-18-5-4-10-24-14-18/h5-8,17H,4,9-16,22H2,1-3H3;18H,4-17H2,1-3H3;6-9,12,18,20H,4-5,10-11,13-14H2,1-3H3. The molecule has 0 aliphatic carbocycles. The molecule has 7 rings (SSSR count). The molecule has 5 heterocycles. The topological polar surface area (TPSA) is 241 Å². The van der Waals surface area contributed by atoms with E-state index in [0.29, 0.717) is 123 Å². The summed E-state index contributed by atoms with van der Waals surface area (Å²) in [5.74, 6) is 0.445. The predicted molar refractivity (Wildman–Crippen MR) is 323 cm³/mol. The molecule has 2 fully saturated rings. The smallest absolute Gasteiger partial charge is 0.152 e. The molecule has 22 nitrogen and oxygen atoms in total. The first-order chi connectivity index (χ1) is 39.7. The fourth-order valence-electron chi connectivity index (χ4n) is 8.33. The average molecular weight is 1180 g/mol. The molecule has 5 aromatic rings. The van der Waals surface area contributed by atoms with Gasteiger partial charge in [0.05, 0.1) is 134 Å². The second-order valence-corrected chi connectivity index (χ2v) is 26.8. The van der Waals surface area contributed by atoms with Crippen LogP contribution in [-0.2, 0) is 80.5 Å². The number of benzene rings is 2. The van der Waals surface area contributed by atoms with Crippen molar-refractivity contribution >= 4 is 15.5 Å². The van der Waals surface area contributed by atoms with Crippen LogP contribution >= 0.6 is 0 Å². The number of ether oxygens (including phenoxy) is 8. The third-order valence-corrected chi connectivity index (χ3v) is 14.8. The number of sulfone groups is 1. The zero-order valence-electron chi connectivity index (χ0n) is 51.5. The van der Waals surface area contributed by atoms with Gasteiger partial charge < -0.3 is 48.9 Å². The molecule has 2 aliphatic heterocycles. The van der Waals surface area contributed by atoms with Crippen molar-refractivity contribution in [3.63, 3.8) is 0 Å². The van der Waals surface area contributed by atoms with E-state index in [1.807, 2.05) is 42.9 Å². The van der Waals surface area contributed by atoms with Gasteiger partial charge in [0.1, 0.15) is 11.4 Å². The van der Waals surface area contributed by atoms with Gasteiger partial charge in [-0.25, -0.2) is 22.5 Å². The van der Waals surface area contributed by atoms with Gasteiger partial charge in [-0.3, -0.25) is 4.90 Å². The predicted octanol–water partition coefficient (Wildman–Crippen LogP) is 7.64. The molecule has 3 N–H and O–H groups in total. The van der Waals surface area contributed by atoms with Gasteiger partial charge >= 0.3 is 0 Å². The molecule has 2 aliphatic rings. The van der Waals surface area contributed by atoms with E-state index in [1.54, 1.807) is 14.0 Å². The van der Waals surface area contributed by atoms with Gasteiger partial charge in [-0.1, -0.05) is 81.4 Å². The van der Waals surface area contributed by atoms with Crippen LogP contribution in [0.4, 0.5) is 5.69 Å². The van der Waals surface area contributed by atoms with Crippen LogP contribution < -0.4 is 11.1 Å². The van der Waals surface area contributed by atoms with Crippen molar-refractivity contribution in [3.8, 4) is 16.9 Å². The quantitative estimate of drug-likeness (QED) is 0.0303. The molecule has 0 radical (unpaired) electrons. The molecule has 0 saturated carbocycles. The molecular formula is C60H100N12O10S. The lowest BCUT2D eigenvalue weighted by Crippen LogP contribution is -2.39. The van der Waals surface area contributed by atoms with E-state index >= 15 is 0 Å². The zero-order valence-corrected chi connectivity index (χ0v) is 52.3. The van der Waals surface area contributed by atoms with E-state index in [0.717, 1.165) is 92.5 Å². The number of nitrogens with two attached hydrogens (primary N) is 1. The lowest BCUT2D eigenvalue weighted by atomic mass is 9.91. The van der Waals surface area contributed by atoms with Crippen LogP contribution in [0.3, 0.4) is 0 Å². The third-order valence-electron chi connectivity index (χ3n) is 13.2. The molecule has 466 valence electrons. The van der Waals surface area contributed by atoms with Crippen LogP contribution in [0.2, 0.25) is 0 Å². The highest BCUT2D eigenvalue weighted by molar-refractivity contribution is 7.91. The lowest BCUT2D eigenvalue weighted by Gasteiger charge is -2.25. The van der Waals surface area contributed by atoms with Crippen LogP contribution in [-0.4, -0.2) is 187 Å². The summed E-state index contributed by atoms with van der Waals surface area (Å²) in [4.78, 5) is 2.09. The maximum Gasteiger partial charge on any atom is 0.152 e. The number of rotatable bonds is 33. The van der Waals surface area contributed by atoms with Gasteiger partial charge in [0.25, 0.3) is 0 Å². The highest BCUT2D eigenvalue weighted by atomic mass is 32.2. The van der Waals surface area contributed by atoms with Crippen molar-refractivity contribution < 1.29 is 46.3 Å². The minimum Gasteiger partial charge on any atom is -0.399 e. The van der Waals surface area contributed by atoms with E-state index < -0.39 is 9.84 Å². The van der Waals surface area contributed by atoms with Crippen molar-refractivity contribution in [2.75, 3.05) is 123 Å². The Bertz CT molecular complexity index is 2570. The van der Waals surface area contributed by atoms with Gasteiger partial charge in [0, 0.05) is 69.0 Å². The summed E-state index contributed by atoms with van der Waals surface area (Å²) in [6.07, 6.45) is 12.5. The number of nitrogen functional groups attached to an aromatic ring is 1. The maximum atomic E-state index is 11.5. The van der Waals surface area contributed by atoms with Crippen LogP contribution in [0.25, 0.3) is 16.9 Å². The normalized spacial score (nSPS) is 15.8. The van der Waals surface area contributed by atoms with Gasteiger partial charge in [0.15, 0.2) is 9.84 Å². The van der Waals surface area contributed by atoms with Crippen LogP contribution in [0.15, 0.2) is 67.1 Å². The maximum absolute atomic E-state index is 11.5. The molecule has 1 unspecified atom stereocenters. The number of nitrogens with zero attached hydrogens (tertiary/aromatic N) is 10. The van der Waals surface area contributed by atoms with Gasteiger partial charge in [-0.15, -0.1) is 15.3 Å². The van der Waals surface area contributed by atoms with Gasteiger partial charge in [-0.05, 0) is 100.0 Å². The summed E-state index contributed by atoms with van der Waals surface area (Å²) in [7, 11) is -2.85. The first-order valence-electron chi connectivity index (χ1n) is 29.7. The molecular weight excluding hydrogens is 1080 g/mol. The second kappa shape index (κ2) is 36.9. The van der Waals surface area contributed by atoms with Crippen molar-refractivity contribution in [3.05, 3.63) is 84.1 Å². The fourth-order valence-corrected chi connectivity index (χ4v) is 9.61. The van der Waals surface area contributed by atoms with E-state index in [9.17, 15) is 8.42 Å². The van der Waals surface area contributed by atoms with Crippen molar-refractivity contribution in [1.29, 1.82) is 0 Å². The Morgan fingerprint density at radius 3 is 1.70 bits per heavy atom. The summed E-state index contributed by atoms with van der Waals surface area (Å²) in [6.45, 7) is 33.2. The van der Waals surface area contributed by atoms with Gasteiger partial charge in [-0.2, -0.15) is 0 Å². The third kappa shape index (κ3) is 31.8. The summed E-state index contributed by atoms with van der Waals surface area (Å²) < 4.78 is 72.8. The molecule has 0 amide bonds. The van der Waals surface area contributed by atoms with E-state index in [1.165, 1.54) is 12.0 Å². The van der Waals surface area contributed by atoms with Gasteiger partial charge in [0.2, 0.25) is 0 Å². The number of nitrogens with one attached hydrogen (secondary N) is 1. The summed E-state index contributed by atoms with van der Waals surface area (Å²) in [5, 5.41) is 28.5. The molecule has 0 spiro atoms. The minimum absolute atomic E-state index is 0.114. The molecule has 0 bridgehead atoms. The number of anilines is 1. The van der Waals surface area contributed by atoms with E-state index in [2.05, 4.69) is 128 Å². The lowest BCUT2D eigenvalue weighted by molar-refractivity contribution is -0.0577. The fraction of sp³-hybridized carbons (Fsp3) is 0.700. The summed E-state index contributed by atoms with van der Waals surface area (Å²) in [5.41, 5.74) is 13.0. The van der Waals surface area contributed by atoms with Crippen LogP contribution in [0.1, 0.15) is 118 Å². The molecule has 23 heteroatoms. The molecule has 1 atom stereocenters. The highest BCUT2D eigenvalue weighted by Crippen LogP contribution is 2.22. The monoisotopic (exact) mass is 1180 g/mol. The largest absolute Gasteiger partial charge is 0.399 e.